The zero-order valence-electron chi connectivity index (χ0n) is 15.5. The van der Waals surface area contributed by atoms with E-state index in [0.717, 1.165) is 11.1 Å². The van der Waals surface area contributed by atoms with Gasteiger partial charge >= 0.3 is 0 Å². The Morgan fingerprint density at radius 3 is 1.72 bits per heavy atom. The molecule has 0 spiro atoms. The van der Waals surface area contributed by atoms with E-state index in [0.29, 0.717) is 10.0 Å². The van der Waals surface area contributed by atoms with Gasteiger partial charge in [-0.3, -0.25) is 10.1 Å². The molecular formula is C18H20Cl2N8O. The highest BCUT2D eigenvalue weighted by Crippen LogP contribution is 2.12. The first-order chi connectivity index (χ1) is 13.8. The van der Waals surface area contributed by atoms with Crippen LogP contribution < -0.4 is 22.5 Å². The Bertz CT molecular complexity index is 937. The van der Waals surface area contributed by atoms with Gasteiger partial charge in [-0.25, -0.2) is 0 Å². The van der Waals surface area contributed by atoms with Crippen LogP contribution in [-0.4, -0.2) is 30.3 Å². The van der Waals surface area contributed by atoms with Crippen LogP contribution in [0.1, 0.15) is 18.1 Å². The monoisotopic (exact) mass is 434 g/mol. The Morgan fingerprint density at radius 1 is 0.862 bits per heavy atom. The average Bonchev–Trinajstić information content (AvgIpc) is 2.64. The molecule has 2 aromatic carbocycles. The molecule has 0 aliphatic rings. The van der Waals surface area contributed by atoms with Crippen LogP contribution in [0.5, 0.6) is 0 Å². The first-order valence-electron chi connectivity index (χ1n) is 8.04. The normalized spacial score (nSPS) is 11.1. The standard InChI is InChI=1S/C10H11ClN4O.C8H9ClN4/c1-7(16)14-10(12)15-13-6-8-4-2-3-5-9(8)11;9-7-4-2-1-3-6(7)5-12-13-8(10)11/h2-6H,1H3,(H3,12,14,15,16);1-5H,(H4,10,11,13)/b13-6+;12-5+. The summed E-state index contributed by atoms with van der Waals surface area (Å²) in [7, 11) is 0. The van der Waals surface area contributed by atoms with Crippen molar-refractivity contribution < 1.29 is 4.79 Å². The maximum atomic E-state index is 10.6. The van der Waals surface area contributed by atoms with Crippen molar-refractivity contribution in [3.63, 3.8) is 0 Å². The Balaban J connectivity index is 0.000000296. The molecule has 0 fully saturated rings. The van der Waals surface area contributed by atoms with Crippen molar-refractivity contribution in [1.82, 2.24) is 5.32 Å². The summed E-state index contributed by atoms with van der Waals surface area (Å²) in [6.07, 6.45) is 2.94. The second kappa shape index (κ2) is 12.9. The van der Waals surface area contributed by atoms with Crippen molar-refractivity contribution in [2.45, 2.75) is 6.92 Å². The average molecular weight is 435 g/mol. The lowest BCUT2D eigenvalue weighted by molar-refractivity contribution is -0.117. The number of halogens is 2. The molecule has 7 N–H and O–H groups in total. The summed E-state index contributed by atoms with van der Waals surface area (Å²) in [6, 6.07) is 14.4. The zero-order valence-corrected chi connectivity index (χ0v) is 17.0. The highest BCUT2D eigenvalue weighted by Gasteiger charge is 1.95. The van der Waals surface area contributed by atoms with E-state index in [1.54, 1.807) is 18.2 Å². The van der Waals surface area contributed by atoms with Crippen LogP contribution in [0.15, 0.2) is 68.9 Å². The first-order valence-corrected chi connectivity index (χ1v) is 8.80. The summed E-state index contributed by atoms with van der Waals surface area (Å²) in [4.78, 5) is 10.6. The molecule has 9 nitrogen and oxygen atoms in total. The van der Waals surface area contributed by atoms with E-state index in [1.807, 2.05) is 30.3 Å². The van der Waals surface area contributed by atoms with Gasteiger partial charge in [-0.05, 0) is 12.1 Å². The van der Waals surface area contributed by atoms with E-state index in [1.165, 1.54) is 19.4 Å². The third-order valence-electron chi connectivity index (χ3n) is 2.85. The Kier molecular flexibility index (Phi) is 10.5. The van der Waals surface area contributed by atoms with Crippen LogP contribution in [0.3, 0.4) is 0 Å². The van der Waals surface area contributed by atoms with Gasteiger partial charge in [0.1, 0.15) is 0 Å². The number of carbonyl (C=O) groups excluding carboxylic acids is 1. The number of hydrogen-bond donors (Lipinski definition) is 4. The molecule has 11 heteroatoms. The largest absolute Gasteiger partial charge is 0.369 e. The molecule has 0 aliphatic heterocycles. The highest BCUT2D eigenvalue weighted by molar-refractivity contribution is 6.33. The number of hydrogen-bond acceptors (Lipinski definition) is 5. The first kappa shape index (κ1) is 23.6. The number of nitrogens with zero attached hydrogens (tertiary/aromatic N) is 4. The minimum absolute atomic E-state index is 0.0594. The summed E-state index contributed by atoms with van der Waals surface area (Å²) in [5, 5.41) is 17.8. The SMILES string of the molecule is CC(=O)NC(N)=N/N=C/c1ccccc1Cl.NC(N)=N/N=C/c1ccccc1Cl. The second-order valence-electron chi connectivity index (χ2n) is 5.22. The van der Waals surface area contributed by atoms with Crippen molar-refractivity contribution in [3.05, 3.63) is 69.7 Å². The fourth-order valence-electron chi connectivity index (χ4n) is 1.68. The van der Waals surface area contributed by atoms with E-state index >= 15 is 0 Å². The number of rotatable bonds is 4. The highest BCUT2D eigenvalue weighted by atomic mass is 35.5. The summed E-state index contributed by atoms with van der Waals surface area (Å²) in [5.41, 5.74) is 17.0. The van der Waals surface area contributed by atoms with Crippen molar-refractivity contribution in [3.8, 4) is 0 Å². The van der Waals surface area contributed by atoms with E-state index in [4.69, 9.17) is 40.4 Å². The third kappa shape index (κ3) is 10.5. The Hall–Kier alpha value is -3.43. The van der Waals surface area contributed by atoms with Gasteiger partial charge < -0.3 is 17.2 Å². The number of nitrogens with two attached hydrogens (primary N) is 3. The lowest BCUT2D eigenvalue weighted by atomic mass is 10.2. The van der Waals surface area contributed by atoms with Crippen molar-refractivity contribution in [2.24, 2.45) is 37.6 Å². The molecule has 29 heavy (non-hydrogen) atoms. The number of amides is 1. The van der Waals surface area contributed by atoms with Gasteiger partial charge in [0.2, 0.25) is 17.8 Å². The van der Waals surface area contributed by atoms with E-state index in [9.17, 15) is 4.79 Å². The van der Waals surface area contributed by atoms with Crippen molar-refractivity contribution in [2.75, 3.05) is 0 Å². The molecule has 0 aromatic heterocycles. The molecule has 0 unspecified atom stereocenters. The second-order valence-corrected chi connectivity index (χ2v) is 6.04. The van der Waals surface area contributed by atoms with E-state index < -0.39 is 0 Å². The molecule has 1 amide bonds. The smallest absolute Gasteiger partial charge is 0.223 e. The van der Waals surface area contributed by atoms with Crippen LogP contribution >= 0.6 is 23.2 Å². The van der Waals surface area contributed by atoms with Gasteiger partial charge in [-0.2, -0.15) is 10.2 Å². The topological polar surface area (TPSA) is 157 Å². The fraction of sp³-hybridized carbons (Fsp3) is 0.0556. The van der Waals surface area contributed by atoms with Gasteiger partial charge in [0.25, 0.3) is 0 Å². The van der Waals surface area contributed by atoms with Gasteiger partial charge in [0.15, 0.2) is 0 Å². The zero-order chi connectivity index (χ0) is 21.6. The molecular weight excluding hydrogens is 415 g/mol. The minimum atomic E-state index is -0.297. The van der Waals surface area contributed by atoms with E-state index in [-0.39, 0.29) is 17.8 Å². The maximum Gasteiger partial charge on any atom is 0.223 e. The number of carbonyl (C=O) groups is 1. The number of guanidine groups is 2. The predicted molar refractivity (Wildman–Crippen MR) is 119 cm³/mol. The van der Waals surface area contributed by atoms with Gasteiger partial charge in [0.05, 0.1) is 12.4 Å². The van der Waals surface area contributed by atoms with Crippen molar-refractivity contribution in [1.29, 1.82) is 0 Å². The molecule has 0 atom stereocenters. The molecule has 0 heterocycles. The van der Waals surface area contributed by atoms with Crippen LogP contribution in [-0.2, 0) is 4.79 Å². The summed E-state index contributed by atoms with van der Waals surface area (Å²) in [6.45, 7) is 1.33. The van der Waals surface area contributed by atoms with Crippen LogP contribution in [0, 0.1) is 0 Å². The Labute approximate surface area is 178 Å². The van der Waals surface area contributed by atoms with Crippen LogP contribution in [0.2, 0.25) is 10.0 Å². The van der Waals surface area contributed by atoms with E-state index in [2.05, 4.69) is 25.7 Å². The molecule has 0 bridgehead atoms. The fourth-order valence-corrected chi connectivity index (χ4v) is 2.05. The molecule has 0 aliphatic carbocycles. The molecule has 0 radical (unpaired) electrons. The molecule has 152 valence electrons. The van der Waals surface area contributed by atoms with Gasteiger partial charge in [-0.15, -0.1) is 10.2 Å². The number of nitrogens with one attached hydrogen (secondary N) is 1. The van der Waals surface area contributed by atoms with Crippen LogP contribution in [0.25, 0.3) is 0 Å². The molecule has 0 saturated heterocycles. The minimum Gasteiger partial charge on any atom is -0.369 e. The van der Waals surface area contributed by atoms with Crippen LogP contribution in [0.4, 0.5) is 0 Å². The lowest BCUT2D eigenvalue weighted by Gasteiger charge is -1.97. The molecule has 0 saturated carbocycles. The van der Waals surface area contributed by atoms with Crippen molar-refractivity contribution >= 4 is 53.5 Å². The van der Waals surface area contributed by atoms with Gasteiger partial charge in [-0.1, -0.05) is 59.6 Å². The molecule has 2 aromatic rings. The maximum absolute atomic E-state index is 10.6. The Morgan fingerprint density at radius 2 is 1.31 bits per heavy atom. The predicted octanol–water partition coefficient (Wildman–Crippen LogP) is 2.07. The summed E-state index contributed by atoms with van der Waals surface area (Å²) < 4.78 is 0. The van der Waals surface area contributed by atoms with Gasteiger partial charge in [0, 0.05) is 28.1 Å². The quantitative estimate of drug-likeness (QED) is 0.329. The lowest BCUT2D eigenvalue weighted by Crippen LogP contribution is -2.34. The molecule has 2 rings (SSSR count). The number of benzene rings is 2. The third-order valence-corrected chi connectivity index (χ3v) is 3.54. The summed E-state index contributed by atoms with van der Waals surface area (Å²) >= 11 is 11.7. The summed E-state index contributed by atoms with van der Waals surface area (Å²) in [5.74, 6) is -0.437.